The van der Waals surface area contributed by atoms with Gasteiger partial charge in [0.15, 0.2) is 5.78 Å². The van der Waals surface area contributed by atoms with Crippen molar-refractivity contribution in [2.45, 2.75) is 27.3 Å². The van der Waals surface area contributed by atoms with Gasteiger partial charge in [-0.15, -0.1) is 22.7 Å². The predicted molar refractivity (Wildman–Crippen MR) is 110 cm³/mol. The first-order chi connectivity index (χ1) is 12.7. The first-order valence-electron chi connectivity index (χ1n) is 8.49. The summed E-state index contributed by atoms with van der Waals surface area (Å²) in [5.41, 5.74) is -0.841. The number of hydrogen-bond donors (Lipinski definition) is 1. The van der Waals surface area contributed by atoms with Crippen molar-refractivity contribution in [1.82, 2.24) is 9.88 Å². The van der Waals surface area contributed by atoms with Crippen LogP contribution in [-0.4, -0.2) is 36.5 Å². The summed E-state index contributed by atoms with van der Waals surface area (Å²) in [4.78, 5) is 38.4. The van der Waals surface area contributed by atoms with E-state index in [1.54, 1.807) is 13.2 Å². The number of nitrogens with zero attached hydrogens (tertiary/aromatic N) is 1. The van der Waals surface area contributed by atoms with Gasteiger partial charge in [-0.1, -0.05) is 26.8 Å². The number of thiazole rings is 1. The minimum absolute atomic E-state index is 0.0973. The Hall–Kier alpha value is -2.03. The van der Waals surface area contributed by atoms with Gasteiger partial charge in [0.05, 0.1) is 11.1 Å². The Bertz CT molecular complexity index is 963. The second-order valence-electron chi connectivity index (χ2n) is 6.96. The summed E-state index contributed by atoms with van der Waals surface area (Å²) in [6.07, 6.45) is 3.25. The second-order valence-corrected chi connectivity index (χ2v) is 9.00. The number of hydrogen-bond acceptors (Lipinski definition) is 6. The fourth-order valence-corrected chi connectivity index (χ4v) is 3.88. The summed E-state index contributed by atoms with van der Waals surface area (Å²) >= 11 is 2.74. The number of methoxy groups -OCH3 is 1. The van der Waals surface area contributed by atoms with Crippen LogP contribution < -0.4 is 20.1 Å². The standard InChI is InChI=1S/C19H24N2O4S2/c1-19(2,3)15(22)11-17-21(12-16(23)20-7-8-25-4)18(24)14(27-17)10-13-6-5-9-26-13/h5-6,9-11H,7-8,12H2,1-4H3,(H,20,23)/b14-10+,17-11-. The van der Waals surface area contributed by atoms with Crippen LogP contribution in [0.3, 0.4) is 0 Å². The second kappa shape index (κ2) is 9.25. The Morgan fingerprint density at radius 1 is 1.33 bits per heavy atom. The SMILES string of the molecule is COCCNC(=O)Cn1c(=O)/c(=C\c2cccs2)s/c1=C\C(=O)C(C)(C)C. The molecule has 0 unspecified atom stereocenters. The van der Waals surface area contributed by atoms with Gasteiger partial charge in [-0.3, -0.25) is 19.0 Å². The van der Waals surface area contributed by atoms with Crippen molar-refractivity contribution in [2.75, 3.05) is 20.3 Å². The molecule has 6 nitrogen and oxygen atoms in total. The van der Waals surface area contributed by atoms with Crippen LogP contribution >= 0.6 is 22.7 Å². The van der Waals surface area contributed by atoms with Gasteiger partial charge >= 0.3 is 0 Å². The number of ketones is 1. The lowest BCUT2D eigenvalue weighted by atomic mass is 9.91. The molecule has 146 valence electrons. The number of aromatic nitrogens is 1. The number of Topliss-reactive ketones (excluding diaryl/α,β-unsaturated/α-hetero) is 1. The highest BCUT2D eigenvalue weighted by Gasteiger charge is 2.20. The van der Waals surface area contributed by atoms with Gasteiger partial charge in [-0.2, -0.15) is 0 Å². The highest BCUT2D eigenvalue weighted by atomic mass is 32.1. The largest absolute Gasteiger partial charge is 0.383 e. The first kappa shape index (κ1) is 21.3. The van der Waals surface area contributed by atoms with Gasteiger partial charge in [0.25, 0.3) is 5.56 Å². The molecule has 0 aliphatic rings. The third-order valence-electron chi connectivity index (χ3n) is 3.68. The van der Waals surface area contributed by atoms with E-state index < -0.39 is 5.41 Å². The summed E-state index contributed by atoms with van der Waals surface area (Å²) in [5, 5.41) is 4.63. The average molecular weight is 409 g/mol. The lowest BCUT2D eigenvalue weighted by molar-refractivity contribution is -0.122. The average Bonchev–Trinajstić information content (AvgIpc) is 3.19. The topological polar surface area (TPSA) is 77.4 Å². The fraction of sp³-hybridized carbons (Fsp3) is 0.421. The van der Waals surface area contributed by atoms with Crippen molar-refractivity contribution in [2.24, 2.45) is 5.41 Å². The van der Waals surface area contributed by atoms with Gasteiger partial charge in [-0.05, 0) is 17.5 Å². The molecule has 1 N–H and O–H groups in total. The molecule has 2 heterocycles. The monoisotopic (exact) mass is 408 g/mol. The third-order valence-corrected chi connectivity index (χ3v) is 5.56. The number of ether oxygens (including phenoxy) is 1. The Labute approximate surface area is 165 Å². The zero-order valence-corrected chi connectivity index (χ0v) is 17.5. The lowest BCUT2D eigenvalue weighted by Gasteiger charge is -2.13. The molecule has 2 rings (SSSR count). The van der Waals surface area contributed by atoms with E-state index in [4.69, 9.17) is 4.74 Å². The van der Waals surface area contributed by atoms with Gasteiger partial charge in [0, 0.05) is 30.0 Å². The molecular formula is C19H24N2O4S2. The maximum atomic E-state index is 12.8. The van der Waals surface area contributed by atoms with Crippen molar-refractivity contribution in [1.29, 1.82) is 0 Å². The molecular weight excluding hydrogens is 384 g/mol. The zero-order valence-electron chi connectivity index (χ0n) is 15.9. The Morgan fingerprint density at radius 3 is 2.67 bits per heavy atom. The van der Waals surface area contributed by atoms with Gasteiger partial charge in [0.2, 0.25) is 5.91 Å². The van der Waals surface area contributed by atoms with E-state index in [0.717, 1.165) is 4.88 Å². The highest BCUT2D eigenvalue weighted by Crippen LogP contribution is 2.15. The normalized spacial score (nSPS) is 13.2. The van der Waals surface area contributed by atoms with Crippen molar-refractivity contribution >= 4 is 46.5 Å². The van der Waals surface area contributed by atoms with Crippen LogP contribution in [0.5, 0.6) is 0 Å². The molecule has 0 atom stereocenters. The molecule has 0 radical (unpaired) electrons. The Balaban J connectivity index is 2.47. The quantitative estimate of drug-likeness (QED) is 0.693. The van der Waals surface area contributed by atoms with E-state index in [-0.39, 0.29) is 23.8 Å². The summed E-state index contributed by atoms with van der Waals surface area (Å²) in [7, 11) is 1.55. The minimum atomic E-state index is -0.566. The van der Waals surface area contributed by atoms with Crippen molar-refractivity contribution in [3.05, 3.63) is 41.9 Å². The van der Waals surface area contributed by atoms with Gasteiger partial charge < -0.3 is 10.1 Å². The predicted octanol–water partition coefficient (Wildman–Crippen LogP) is 0.958. The molecule has 0 aromatic carbocycles. The summed E-state index contributed by atoms with van der Waals surface area (Å²) < 4.78 is 7.24. The number of nitrogens with one attached hydrogen (secondary N) is 1. The van der Waals surface area contributed by atoms with Crippen LogP contribution in [0.2, 0.25) is 0 Å². The van der Waals surface area contributed by atoms with E-state index in [2.05, 4.69) is 5.32 Å². The van der Waals surface area contributed by atoms with E-state index in [9.17, 15) is 14.4 Å². The van der Waals surface area contributed by atoms with Crippen LogP contribution in [-0.2, 0) is 20.9 Å². The number of thiophene rings is 1. The zero-order chi connectivity index (χ0) is 20.0. The third kappa shape index (κ3) is 5.98. The van der Waals surface area contributed by atoms with E-state index >= 15 is 0 Å². The summed E-state index contributed by atoms with van der Waals surface area (Å²) in [6.45, 7) is 6.07. The van der Waals surface area contributed by atoms with E-state index in [0.29, 0.717) is 22.3 Å². The maximum Gasteiger partial charge on any atom is 0.269 e. The summed E-state index contributed by atoms with van der Waals surface area (Å²) in [6, 6.07) is 3.82. The van der Waals surface area contributed by atoms with Crippen LogP contribution in [0.25, 0.3) is 12.2 Å². The number of carbonyl (C=O) groups excluding carboxylic acids is 2. The molecule has 2 aromatic rings. The molecule has 2 aromatic heterocycles. The van der Waals surface area contributed by atoms with E-state index in [1.807, 2.05) is 38.3 Å². The first-order valence-corrected chi connectivity index (χ1v) is 10.2. The van der Waals surface area contributed by atoms with Crippen molar-refractivity contribution < 1.29 is 14.3 Å². The maximum absolute atomic E-state index is 12.8. The molecule has 0 saturated carbocycles. The highest BCUT2D eigenvalue weighted by molar-refractivity contribution is 7.11. The van der Waals surface area contributed by atoms with Crippen LogP contribution in [0.4, 0.5) is 0 Å². The van der Waals surface area contributed by atoms with Crippen LogP contribution in [0, 0.1) is 5.41 Å². The van der Waals surface area contributed by atoms with Crippen LogP contribution in [0.15, 0.2) is 22.3 Å². The molecule has 0 bridgehead atoms. The number of carbonyl (C=O) groups is 2. The Kier molecular flexibility index (Phi) is 7.29. The molecule has 27 heavy (non-hydrogen) atoms. The summed E-state index contributed by atoms with van der Waals surface area (Å²) in [5.74, 6) is -0.396. The Morgan fingerprint density at radius 2 is 2.07 bits per heavy atom. The molecule has 8 heteroatoms. The molecule has 0 saturated heterocycles. The van der Waals surface area contributed by atoms with Crippen molar-refractivity contribution in [3.63, 3.8) is 0 Å². The van der Waals surface area contributed by atoms with Crippen molar-refractivity contribution in [3.8, 4) is 0 Å². The molecule has 1 amide bonds. The molecule has 0 aliphatic heterocycles. The van der Waals surface area contributed by atoms with Gasteiger partial charge in [0.1, 0.15) is 11.2 Å². The smallest absolute Gasteiger partial charge is 0.269 e. The minimum Gasteiger partial charge on any atom is -0.383 e. The number of amides is 1. The fourth-order valence-electron chi connectivity index (χ4n) is 2.12. The number of rotatable bonds is 7. The molecule has 0 spiro atoms. The molecule has 0 aliphatic carbocycles. The van der Waals surface area contributed by atoms with Crippen LogP contribution in [0.1, 0.15) is 25.6 Å². The lowest BCUT2D eigenvalue weighted by Crippen LogP contribution is -2.39. The molecule has 0 fully saturated rings. The van der Waals surface area contributed by atoms with E-state index in [1.165, 1.54) is 33.3 Å². The van der Waals surface area contributed by atoms with Gasteiger partial charge in [-0.25, -0.2) is 0 Å².